The Kier molecular flexibility index (Phi) is 5.50. The highest BCUT2D eigenvalue weighted by Gasteiger charge is 2.18. The van der Waals surface area contributed by atoms with E-state index in [1.54, 1.807) is 16.7 Å². The molecular formula is C24H19FN2O2S. The number of Topliss-reactive ketones (excluding diaryl/α,β-unsaturated/α-hetero) is 1. The maximum atomic E-state index is 13.4. The lowest BCUT2D eigenvalue weighted by Gasteiger charge is -2.17. The highest BCUT2D eigenvalue weighted by molar-refractivity contribution is 7.99. The summed E-state index contributed by atoms with van der Waals surface area (Å²) in [7, 11) is 0. The zero-order valence-corrected chi connectivity index (χ0v) is 17.4. The minimum Gasteiger partial charge on any atom is -0.293 e. The van der Waals surface area contributed by atoms with Gasteiger partial charge in [0, 0.05) is 5.56 Å². The lowest BCUT2D eigenvalue weighted by molar-refractivity contribution is 0.102. The van der Waals surface area contributed by atoms with Gasteiger partial charge in [0.25, 0.3) is 5.56 Å². The minimum absolute atomic E-state index is 0.0847. The summed E-state index contributed by atoms with van der Waals surface area (Å²) in [6.45, 7) is 3.89. The maximum Gasteiger partial charge on any atom is 0.266 e. The predicted molar refractivity (Wildman–Crippen MR) is 118 cm³/mol. The number of halogens is 1. The molecule has 0 bridgehead atoms. The van der Waals surface area contributed by atoms with E-state index in [-0.39, 0.29) is 22.9 Å². The third-order valence-corrected chi connectivity index (χ3v) is 5.85. The van der Waals surface area contributed by atoms with Gasteiger partial charge in [-0.25, -0.2) is 9.37 Å². The summed E-state index contributed by atoms with van der Waals surface area (Å²) < 4.78 is 14.7. The second kappa shape index (κ2) is 8.24. The van der Waals surface area contributed by atoms with E-state index in [4.69, 9.17) is 0 Å². The number of aryl methyl sites for hydroxylation is 2. The van der Waals surface area contributed by atoms with Crippen LogP contribution in [0, 0.1) is 19.7 Å². The van der Waals surface area contributed by atoms with Crippen LogP contribution in [0.2, 0.25) is 0 Å². The molecule has 0 spiro atoms. The lowest BCUT2D eigenvalue weighted by Crippen LogP contribution is -2.23. The number of ketones is 1. The Balaban J connectivity index is 1.81. The molecule has 30 heavy (non-hydrogen) atoms. The van der Waals surface area contributed by atoms with Gasteiger partial charge in [-0.3, -0.25) is 14.2 Å². The van der Waals surface area contributed by atoms with Gasteiger partial charge < -0.3 is 0 Å². The van der Waals surface area contributed by atoms with Crippen LogP contribution in [0.3, 0.4) is 0 Å². The molecule has 0 fully saturated rings. The monoisotopic (exact) mass is 418 g/mol. The summed E-state index contributed by atoms with van der Waals surface area (Å²) >= 11 is 1.20. The summed E-state index contributed by atoms with van der Waals surface area (Å²) in [6.07, 6.45) is 0. The molecule has 0 saturated heterocycles. The fourth-order valence-corrected chi connectivity index (χ4v) is 4.31. The molecule has 0 saturated carbocycles. The third kappa shape index (κ3) is 3.78. The van der Waals surface area contributed by atoms with Crippen LogP contribution in [0.5, 0.6) is 0 Å². The van der Waals surface area contributed by atoms with Crippen LogP contribution in [0.4, 0.5) is 4.39 Å². The average molecular weight is 418 g/mol. The average Bonchev–Trinajstić information content (AvgIpc) is 2.74. The molecule has 4 aromatic rings. The predicted octanol–water partition coefficient (Wildman–Crippen LogP) is 5.12. The Bertz CT molecular complexity index is 1290. The smallest absolute Gasteiger partial charge is 0.266 e. The molecule has 0 unspecified atom stereocenters. The number of nitrogens with zero attached hydrogens (tertiary/aromatic N) is 2. The van der Waals surface area contributed by atoms with Crippen molar-refractivity contribution in [1.82, 2.24) is 9.55 Å². The van der Waals surface area contributed by atoms with Crippen molar-refractivity contribution in [3.63, 3.8) is 0 Å². The molecule has 0 aliphatic carbocycles. The van der Waals surface area contributed by atoms with E-state index >= 15 is 0 Å². The van der Waals surface area contributed by atoms with Gasteiger partial charge in [-0.05, 0) is 61.4 Å². The van der Waals surface area contributed by atoms with E-state index in [1.807, 2.05) is 44.2 Å². The molecule has 0 aliphatic rings. The van der Waals surface area contributed by atoms with E-state index in [1.165, 1.54) is 36.0 Å². The Morgan fingerprint density at radius 2 is 1.63 bits per heavy atom. The van der Waals surface area contributed by atoms with Crippen molar-refractivity contribution in [1.29, 1.82) is 0 Å². The van der Waals surface area contributed by atoms with Crippen LogP contribution in [0.1, 0.15) is 21.5 Å². The summed E-state index contributed by atoms with van der Waals surface area (Å²) in [5.74, 6) is -0.462. The fraction of sp³-hybridized carbons (Fsp3) is 0.125. The minimum atomic E-state index is -0.390. The number of fused-ring (bicyclic) bond motifs is 1. The Hall–Kier alpha value is -3.25. The molecule has 6 heteroatoms. The topological polar surface area (TPSA) is 52.0 Å². The molecule has 150 valence electrons. The van der Waals surface area contributed by atoms with Gasteiger partial charge in [-0.2, -0.15) is 0 Å². The summed E-state index contributed by atoms with van der Waals surface area (Å²) in [5.41, 5.74) is 3.50. The van der Waals surface area contributed by atoms with Gasteiger partial charge in [0.1, 0.15) is 5.82 Å². The molecule has 0 atom stereocenters. The van der Waals surface area contributed by atoms with Crippen molar-refractivity contribution in [3.8, 4) is 5.69 Å². The Labute approximate surface area is 177 Å². The van der Waals surface area contributed by atoms with E-state index in [2.05, 4.69) is 4.98 Å². The molecule has 1 aromatic heterocycles. The van der Waals surface area contributed by atoms with Crippen LogP contribution in [0.15, 0.2) is 76.7 Å². The number of thioether (sulfide) groups is 1. The lowest BCUT2D eigenvalue weighted by atomic mass is 10.1. The van der Waals surface area contributed by atoms with Crippen LogP contribution < -0.4 is 5.56 Å². The second-order valence-electron chi connectivity index (χ2n) is 7.01. The summed E-state index contributed by atoms with van der Waals surface area (Å²) in [6, 6.07) is 18.5. The molecule has 4 rings (SSSR count). The quantitative estimate of drug-likeness (QED) is 0.257. The van der Waals surface area contributed by atoms with Crippen molar-refractivity contribution in [2.24, 2.45) is 0 Å². The van der Waals surface area contributed by atoms with E-state index in [0.717, 1.165) is 16.8 Å². The van der Waals surface area contributed by atoms with Crippen LogP contribution in [0.25, 0.3) is 16.6 Å². The zero-order valence-electron chi connectivity index (χ0n) is 16.6. The first kappa shape index (κ1) is 20.0. The molecule has 3 aromatic carbocycles. The normalized spacial score (nSPS) is 11.0. The number of para-hydroxylation sites is 2. The third-order valence-electron chi connectivity index (χ3n) is 4.91. The number of hydrogen-bond donors (Lipinski definition) is 0. The molecular weight excluding hydrogens is 399 g/mol. The van der Waals surface area contributed by atoms with E-state index in [9.17, 15) is 14.0 Å². The number of carbonyl (C=O) groups is 1. The van der Waals surface area contributed by atoms with Gasteiger partial charge in [-0.1, -0.05) is 42.1 Å². The van der Waals surface area contributed by atoms with Crippen molar-refractivity contribution in [2.75, 3.05) is 5.75 Å². The van der Waals surface area contributed by atoms with E-state index < -0.39 is 0 Å². The number of aromatic nitrogens is 2. The summed E-state index contributed by atoms with van der Waals surface area (Å²) in [4.78, 5) is 30.7. The summed E-state index contributed by atoms with van der Waals surface area (Å²) in [5, 5.41) is 0.973. The van der Waals surface area contributed by atoms with Crippen molar-refractivity contribution >= 4 is 28.4 Å². The Morgan fingerprint density at radius 1 is 0.967 bits per heavy atom. The first-order valence-electron chi connectivity index (χ1n) is 9.45. The SMILES string of the molecule is Cc1cccc(C)c1-n1c(SCC(=O)c2ccc(F)cc2)nc2ccccc2c1=O. The van der Waals surface area contributed by atoms with Crippen LogP contribution in [-0.2, 0) is 0 Å². The van der Waals surface area contributed by atoms with Gasteiger partial charge in [0.15, 0.2) is 10.9 Å². The number of carbonyl (C=O) groups excluding carboxylic acids is 1. The van der Waals surface area contributed by atoms with Crippen molar-refractivity contribution in [3.05, 3.63) is 99.6 Å². The fourth-order valence-electron chi connectivity index (χ4n) is 3.41. The Morgan fingerprint density at radius 3 is 2.33 bits per heavy atom. The van der Waals surface area contributed by atoms with Crippen LogP contribution >= 0.6 is 11.8 Å². The molecule has 0 radical (unpaired) electrons. The molecule has 1 heterocycles. The first-order chi connectivity index (χ1) is 14.5. The molecule has 4 nitrogen and oxygen atoms in total. The molecule has 0 aliphatic heterocycles. The second-order valence-corrected chi connectivity index (χ2v) is 7.95. The van der Waals surface area contributed by atoms with Crippen LogP contribution in [-0.4, -0.2) is 21.1 Å². The molecule has 0 N–H and O–H groups in total. The first-order valence-corrected chi connectivity index (χ1v) is 10.4. The molecule has 0 amide bonds. The highest BCUT2D eigenvalue weighted by atomic mass is 32.2. The standard InChI is InChI=1S/C24H19FN2O2S/c1-15-6-5-7-16(2)22(15)27-23(29)19-8-3-4-9-20(19)26-24(27)30-14-21(28)17-10-12-18(25)13-11-17/h3-13H,14H2,1-2H3. The van der Waals surface area contributed by atoms with Crippen molar-refractivity contribution < 1.29 is 9.18 Å². The van der Waals surface area contributed by atoms with Gasteiger partial charge in [-0.15, -0.1) is 0 Å². The largest absolute Gasteiger partial charge is 0.293 e. The van der Waals surface area contributed by atoms with Gasteiger partial charge in [0.2, 0.25) is 0 Å². The zero-order chi connectivity index (χ0) is 21.3. The highest BCUT2D eigenvalue weighted by Crippen LogP contribution is 2.26. The maximum absolute atomic E-state index is 13.4. The number of hydrogen-bond acceptors (Lipinski definition) is 4. The van der Waals surface area contributed by atoms with Gasteiger partial charge in [0.05, 0.1) is 22.3 Å². The van der Waals surface area contributed by atoms with Crippen molar-refractivity contribution in [2.45, 2.75) is 19.0 Å². The van der Waals surface area contributed by atoms with E-state index in [0.29, 0.717) is 21.6 Å². The van der Waals surface area contributed by atoms with Gasteiger partial charge >= 0.3 is 0 Å². The number of rotatable bonds is 5. The number of benzene rings is 3.